The molecule has 0 aromatic rings. The average Bonchev–Trinajstić information content (AvgIpc) is 2.77. The van der Waals surface area contributed by atoms with E-state index in [4.69, 9.17) is 0 Å². The highest BCUT2D eigenvalue weighted by Crippen LogP contribution is 2.16. The molecule has 2 unspecified atom stereocenters. The molecule has 1 fully saturated rings. The molecular formula is C13H26N2O3. The smallest absolute Gasteiger partial charge is 0.305 e. The molecule has 0 aromatic heterocycles. The van der Waals surface area contributed by atoms with E-state index >= 15 is 0 Å². The van der Waals surface area contributed by atoms with Gasteiger partial charge in [-0.3, -0.25) is 4.79 Å². The number of likely N-dealkylation sites (tertiary alicyclic amines) is 1. The van der Waals surface area contributed by atoms with E-state index in [0.717, 1.165) is 18.9 Å². The number of carbonyl (C=O) groups is 1. The van der Waals surface area contributed by atoms with Gasteiger partial charge in [-0.1, -0.05) is 0 Å². The Balaban J connectivity index is 1.95. The molecule has 0 aliphatic carbocycles. The summed E-state index contributed by atoms with van der Waals surface area (Å²) in [6, 6.07) is 0. The van der Waals surface area contributed by atoms with Crippen molar-refractivity contribution in [2.45, 2.75) is 31.8 Å². The molecule has 18 heavy (non-hydrogen) atoms. The van der Waals surface area contributed by atoms with Crippen molar-refractivity contribution in [3.8, 4) is 0 Å². The van der Waals surface area contributed by atoms with Gasteiger partial charge in [-0.05, 0) is 45.3 Å². The van der Waals surface area contributed by atoms with Gasteiger partial charge in [-0.25, -0.2) is 0 Å². The summed E-state index contributed by atoms with van der Waals surface area (Å²) in [5, 5.41) is 12.9. The second-order valence-electron chi connectivity index (χ2n) is 5.18. The summed E-state index contributed by atoms with van der Waals surface area (Å²) in [6.07, 6.45) is 2.73. The van der Waals surface area contributed by atoms with Crippen molar-refractivity contribution in [3.63, 3.8) is 0 Å². The van der Waals surface area contributed by atoms with Gasteiger partial charge >= 0.3 is 5.97 Å². The van der Waals surface area contributed by atoms with Crippen molar-refractivity contribution in [2.75, 3.05) is 40.3 Å². The van der Waals surface area contributed by atoms with Gasteiger partial charge in [0.05, 0.1) is 13.2 Å². The van der Waals surface area contributed by atoms with E-state index < -0.39 is 6.10 Å². The third-order valence-corrected chi connectivity index (χ3v) is 3.51. The number of nitrogens with zero attached hydrogens (tertiary/aromatic N) is 1. The molecule has 0 radical (unpaired) electrons. The molecule has 0 saturated carbocycles. The van der Waals surface area contributed by atoms with E-state index in [1.807, 2.05) is 0 Å². The maximum absolute atomic E-state index is 10.9. The normalized spacial score (nSPS) is 22.1. The number of rotatable bonds is 8. The van der Waals surface area contributed by atoms with Crippen LogP contribution in [0.25, 0.3) is 0 Å². The van der Waals surface area contributed by atoms with Crippen LogP contribution in [0.3, 0.4) is 0 Å². The minimum Gasteiger partial charge on any atom is -0.469 e. The van der Waals surface area contributed by atoms with E-state index in [1.165, 1.54) is 26.6 Å². The molecule has 5 heteroatoms. The summed E-state index contributed by atoms with van der Waals surface area (Å²) >= 11 is 0. The van der Waals surface area contributed by atoms with E-state index in [9.17, 15) is 9.90 Å². The molecule has 106 valence electrons. The van der Waals surface area contributed by atoms with Crippen LogP contribution in [0.4, 0.5) is 0 Å². The first-order valence-electron chi connectivity index (χ1n) is 6.76. The Kier molecular flexibility index (Phi) is 7.23. The third-order valence-electron chi connectivity index (χ3n) is 3.51. The van der Waals surface area contributed by atoms with Crippen LogP contribution in [0.2, 0.25) is 0 Å². The van der Waals surface area contributed by atoms with Gasteiger partial charge < -0.3 is 20.1 Å². The van der Waals surface area contributed by atoms with Gasteiger partial charge in [0.25, 0.3) is 0 Å². The van der Waals surface area contributed by atoms with E-state index in [2.05, 4.69) is 22.0 Å². The summed E-state index contributed by atoms with van der Waals surface area (Å²) in [6.45, 7) is 3.88. The second-order valence-corrected chi connectivity index (χ2v) is 5.18. The second kappa shape index (κ2) is 8.45. The summed E-state index contributed by atoms with van der Waals surface area (Å²) in [5.74, 6) is 0.526. The molecule has 0 amide bonds. The maximum Gasteiger partial charge on any atom is 0.305 e. The van der Waals surface area contributed by atoms with E-state index in [0.29, 0.717) is 13.0 Å². The van der Waals surface area contributed by atoms with Gasteiger partial charge in [-0.2, -0.15) is 0 Å². The minimum atomic E-state index is -0.463. The number of carbonyl (C=O) groups excluding carboxylic acids is 1. The number of methoxy groups -OCH3 is 1. The number of nitrogens with one attached hydrogen (secondary N) is 1. The first-order chi connectivity index (χ1) is 8.61. The number of aliphatic hydroxyl groups excluding tert-OH is 1. The molecular weight excluding hydrogens is 232 g/mol. The zero-order valence-corrected chi connectivity index (χ0v) is 11.5. The van der Waals surface area contributed by atoms with E-state index in [1.54, 1.807) is 0 Å². The van der Waals surface area contributed by atoms with Crippen molar-refractivity contribution in [1.29, 1.82) is 0 Å². The highest BCUT2D eigenvalue weighted by atomic mass is 16.5. The van der Waals surface area contributed by atoms with Crippen LogP contribution in [0.1, 0.15) is 25.7 Å². The SMILES string of the molecule is COC(=O)CCC(O)CNCCC1CCN(C)C1. The third kappa shape index (κ3) is 6.33. The molecule has 1 saturated heterocycles. The molecule has 2 atom stereocenters. The lowest BCUT2D eigenvalue weighted by Crippen LogP contribution is -2.29. The van der Waals surface area contributed by atoms with Crippen LogP contribution in [0.5, 0.6) is 0 Å². The fraction of sp³-hybridized carbons (Fsp3) is 0.923. The Hall–Kier alpha value is -0.650. The fourth-order valence-electron chi connectivity index (χ4n) is 2.33. The topological polar surface area (TPSA) is 61.8 Å². The molecule has 0 spiro atoms. The molecule has 5 nitrogen and oxygen atoms in total. The Morgan fingerprint density at radius 1 is 1.61 bits per heavy atom. The fourth-order valence-corrected chi connectivity index (χ4v) is 2.33. The lowest BCUT2D eigenvalue weighted by molar-refractivity contribution is -0.141. The van der Waals surface area contributed by atoms with Gasteiger partial charge in [0.15, 0.2) is 0 Å². The van der Waals surface area contributed by atoms with Crippen molar-refractivity contribution >= 4 is 5.97 Å². The van der Waals surface area contributed by atoms with Gasteiger partial charge in [0.1, 0.15) is 0 Å². The zero-order chi connectivity index (χ0) is 13.4. The standard InChI is InChI=1S/C13H26N2O3/c1-15-8-6-11(10-15)5-7-14-9-12(16)3-4-13(17)18-2/h11-12,14,16H,3-10H2,1-2H3. The van der Waals surface area contributed by atoms with Gasteiger partial charge in [-0.15, -0.1) is 0 Å². The summed E-state index contributed by atoms with van der Waals surface area (Å²) in [4.78, 5) is 13.2. The number of hydrogen-bond donors (Lipinski definition) is 2. The predicted octanol–water partition coefficient (Wildman–Crippen LogP) is 0.232. The lowest BCUT2D eigenvalue weighted by Gasteiger charge is -2.13. The summed E-state index contributed by atoms with van der Waals surface area (Å²) < 4.78 is 4.53. The Morgan fingerprint density at radius 3 is 3.00 bits per heavy atom. The Bertz CT molecular complexity index is 248. The van der Waals surface area contributed by atoms with Crippen LogP contribution < -0.4 is 5.32 Å². The number of aliphatic hydroxyl groups is 1. The summed E-state index contributed by atoms with van der Waals surface area (Å²) in [5.41, 5.74) is 0. The molecule has 0 bridgehead atoms. The predicted molar refractivity (Wildman–Crippen MR) is 70.3 cm³/mol. The van der Waals surface area contributed by atoms with Crippen molar-refractivity contribution in [2.24, 2.45) is 5.92 Å². The Morgan fingerprint density at radius 2 is 2.39 bits per heavy atom. The monoisotopic (exact) mass is 258 g/mol. The van der Waals surface area contributed by atoms with Crippen LogP contribution in [-0.2, 0) is 9.53 Å². The quantitative estimate of drug-likeness (QED) is 0.482. The average molecular weight is 258 g/mol. The molecule has 1 heterocycles. The van der Waals surface area contributed by atoms with Crippen LogP contribution in [-0.4, -0.2) is 62.4 Å². The molecule has 1 rings (SSSR count). The lowest BCUT2D eigenvalue weighted by atomic mass is 10.1. The molecule has 1 aliphatic heterocycles. The van der Waals surface area contributed by atoms with Crippen molar-refractivity contribution in [3.05, 3.63) is 0 Å². The van der Waals surface area contributed by atoms with Crippen LogP contribution >= 0.6 is 0 Å². The first-order valence-corrected chi connectivity index (χ1v) is 6.76. The summed E-state index contributed by atoms with van der Waals surface area (Å²) in [7, 11) is 3.52. The molecule has 2 N–H and O–H groups in total. The number of hydrogen-bond acceptors (Lipinski definition) is 5. The highest BCUT2D eigenvalue weighted by Gasteiger charge is 2.18. The number of ether oxygens (including phenoxy) is 1. The van der Waals surface area contributed by atoms with Crippen LogP contribution in [0, 0.1) is 5.92 Å². The Labute approximate surface area is 109 Å². The number of esters is 1. The first kappa shape index (κ1) is 15.4. The van der Waals surface area contributed by atoms with Gasteiger partial charge in [0.2, 0.25) is 0 Å². The zero-order valence-electron chi connectivity index (χ0n) is 11.5. The van der Waals surface area contributed by atoms with Gasteiger partial charge in [0, 0.05) is 19.5 Å². The highest BCUT2D eigenvalue weighted by molar-refractivity contribution is 5.69. The minimum absolute atomic E-state index is 0.261. The largest absolute Gasteiger partial charge is 0.469 e. The van der Waals surface area contributed by atoms with Crippen LogP contribution in [0.15, 0.2) is 0 Å². The van der Waals surface area contributed by atoms with Crippen molar-refractivity contribution < 1.29 is 14.6 Å². The van der Waals surface area contributed by atoms with Crippen molar-refractivity contribution in [1.82, 2.24) is 10.2 Å². The molecule has 1 aliphatic rings. The van der Waals surface area contributed by atoms with E-state index in [-0.39, 0.29) is 12.4 Å². The maximum atomic E-state index is 10.9. The molecule has 0 aromatic carbocycles.